The van der Waals surface area contributed by atoms with Gasteiger partial charge >= 0.3 is 0 Å². The lowest BCUT2D eigenvalue weighted by Crippen LogP contribution is -2.36. The predicted octanol–water partition coefficient (Wildman–Crippen LogP) is 3.20. The van der Waals surface area contributed by atoms with Crippen LogP contribution in [0.4, 0.5) is 0 Å². The van der Waals surface area contributed by atoms with Crippen molar-refractivity contribution >= 4 is 0 Å². The maximum atomic E-state index is 6.28. The van der Waals surface area contributed by atoms with Gasteiger partial charge in [-0.1, -0.05) is 20.8 Å². The summed E-state index contributed by atoms with van der Waals surface area (Å²) in [6, 6.07) is 0.349. The summed E-state index contributed by atoms with van der Waals surface area (Å²) in [4.78, 5) is 0. The summed E-state index contributed by atoms with van der Waals surface area (Å²) in [6.45, 7) is 8.59. The van der Waals surface area contributed by atoms with Crippen LogP contribution in [0.2, 0.25) is 0 Å². The van der Waals surface area contributed by atoms with Crippen LogP contribution < -0.4 is 5.73 Å². The van der Waals surface area contributed by atoms with E-state index >= 15 is 0 Å². The first-order valence-corrected chi connectivity index (χ1v) is 6.96. The van der Waals surface area contributed by atoms with E-state index in [2.05, 4.69) is 20.8 Å². The Kier molecular flexibility index (Phi) is 6.37. The van der Waals surface area contributed by atoms with Crippen molar-refractivity contribution in [2.24, 2.45) is 23.5 Å². The molecule has 16 heavy (non-hydrogen) atoms. The van der Waals surface area contributed by atoms with E-state index in [9.17, 15) is 0 Å². The van der Waals surface area contributed by atoms with Crippen molar-refractivity contribution in [3.63, 3.8) is 0 Å². The zero-order valence-corrected chi connectivity index (χ0v) is 11.2. The van der Waals surface area contributed by atoms with Crippen molar-refractivity contribution < 1.29 is 4.74 Å². The standard InChI is InChI=1S/C14H29NO/c1-4-6-16-7-5-14(15)13-9-11(2)8-12(3)10-13/h11-14H,4-10,15H2,1-3H3. The number of rotatable bonds is 6. The van der Waals surface area contributed by atoms with Gasteiger partial charge in [0.05, 0.1) is 0 Å². The molecule has 0 radical (unpaired) electrons. The van der Waals surface area contributed by atoms with Gasteiger partial charge in [-0.05, 0) is 49.9 Å². The quantitative estimate of drug-likeness (QED) is 0.707. The molecule has 1 fully saturated rings. The summed E-state index contributed by atoms with van der Waals surface area (Å²) < 4.78 is 5.52. The summed E-state index contributed by atoms with van der Waals surface area (Å²) in [6.07, 6.45) is 6.16. The molecule has 3 atom stereocenters. The maximum Gasteiger partial charge on any atom is 0.0480 e. The largest absolute Gasteiger partial charge is 0.381 e. The van der Waals surface area contributed by atoms with E-state index in [-0.39, 0.29) is 0 Å². The molecule has 2 N–H and O–H groups in total. The topological polar surface area (TPSA) is 35.2 Å². The van der Waals surface area contributed by atoms with Gasteiger partial charge in [0.1, 0.15) is 0 Å². The molecule has 0 saturated heterocycles. The van der Waals surface area contributed by atoms with E-state index in [1.165, 1.54) is 19.3 Å². The maximum absolute atomic E-state index is 6.28. The minimum Gasteiger partial charge on any atom is -0.381 e. The van der Waals surface area contributed by atoms with Gasteiger partial charge in [-0.3, -0.25) is 0 Å². The van der Waals surface area contributed by atoms with E-state index in [1.54, 1.807) is 0 Å². The minimum absolute atomic E-state index is 0.349. The highest BCUT2D eigenvalue weighted by Crippen LogP contribution is 2.34. The number of nitrogens with two attached hydrogens (primary N) is 1. The second-order valence-corrected chi connectivity index (χ2v) is 5.74. The fraction of sp³-hybridized carbons (Fsp3) is 1.00. The Hall–Kier alpha value is -0.0800. The van der Waals surface area contributed by atoms with Gasteiger partial charge in [0.25, 0.3) is 0 Å². The summed E-state index contributed by atoms with van der Waals surface area (Å²) in [5, 5.41) is 0. The van der Waals surface area contributed by atoms with E-state index in [4.69, 9.17) is 10.5 Å². The lowest BCUT2D eigenvalue weighted by atomic mass is 9.73. The molecule has 3 unspecified atom stereocenters. The van der Waals surface area contributed by atoms with Crippen molar-refractivity contribution in [2.45, 2.75) is 58.9 Å². The molecule has 96 valence electrons. The van der Waals surface area contributed by atoms with Gasteiger partial charge in [0.2, 0.25) is 0 Å². The van der Waals surface area contributed by atoms with Crippen LogP contribution in [-0.4, -0.2) is 19.3 Å². The monoisotopic (exact) mass is 227 g/mol. The number of hydrogen-bond donors (Lipinski definition) is 1. The van der Waals surface area contributed by atoms with Crippen molar-refractivity contribution in [2.75, 3.05) is 13.2 Å². The van der Waals surface area contributed by atoms with Gasteiger partial charge < -0.3 is 10.5 Å². The molecule has 0 spiro atoms. The molecule has 0 bridgehead atoms. The number of ether oxygens (including phenoxy) is 1. The van der Waals surface area contributed by atoms with Gasteiger partial charge in [0.15, 0.2) is 0 Å². The van der Waals surface area contributed by atoms with Gasteiger partial charge in [-0.15, -0.1) is 0 Å². The zero-order chi connectivity index (χ0) is 12.0. The number of hydrogen-bond acceptors (Lipinski definition) is 2. The molecule has 1 rings (SSSR count). The molecule has 1 aliphatic rings. The van der Waals surface area contributed by atoms with Gasteiger partial charge in [-0.2, -0.15) is 0 Å². The summed E-state index contributed by atoms with van der Waals surface area (Å²) in [5.41, 5.74) is 6.28. The van der Waals surface area contributed by atoms with Crippen molar-refractivity contribution in [3.8, 4) is 0 Å². The Morgan fingerprint density at radius 3 is 2.31 bits per heavy atom. The third-order valence-corrected chi connectivity index (χ3v) is 3.76. The minimum atomic E-state index is 0.349. The lowest BCUT2D eigenvalue weighted by molar-refractivity contribution is 0.111. The highest BCUT2D eigenvalue weighted by Gasteiger charge is 2.27. The predicted molar refractivity (Wildman–Crippen MR) is 69.4 cm³/mol. The van der Waals surface area contributed by atoms with E-state index in [1.807, 2.05) is 0 Å². The van der Waals surface area contributed by atoms with Crippen LogP contribution in [0.5, 0.6) is 0 Å². The van der Waals surface area contributed by atoms with Gasteiger partial charge in [0, 0.05) is 19.3 Å². The van der Waals surface area contributed by atoms with E-state index < -0.39 is 0 Å². The Morgan fingerprint density at radius 1 is 1.12 bits per heavy atom. The SMILES string of the molecule is CCCOCCC(N)C1CC(C)CC(C)C1. The molecule has 0 aromatic carbocycles. The van der Waals surface area contributed by atoms with Crippen LogP contribution in [0.1, 0.15) is 52.9 Å². The van der Waals surface area contributed by atoms with Crippen LogP contribution in [0.25, 0.3) is 0 Å². The molecule has 2 nitrogen and oxygen atoms in total. The second-order valence-electron chi connectivity index (χ2n) is 5.74. The molecule has 0 heterocycles. The molecule has 0 aliphatic heterocycles. The average molecular weight is 227 g/mol. The molecule has 0 amide bonds. The zero-order valence-electron chi connectivity index (χ0n) is 11.2. The van der Waals surface area contributed by atoms with Crippen molar-refractivity contribution in [1.29, 1.82) is 0 Å². The third-order valence-electron chi connectivity index (χ3n) is 3.76. The Labute approximate surface area is 101 Å². The molecular weight excluding hydrogens is 198 g/mol. The van der Waals surface area contributed by atoms with Crippen LogP contribution in [0.3, 0.4) is 0 Å². The second kappa shape index (κ2) is 7.29. The molecular formula is C14H29NO. The Balaban J connectivity index is 2.21. The van der Waals surface area contributed by atoms with E-state index in [0.29, 0.717) is 6.04 Å². The summed E-state index contributed by atoms with van der Waals surface area (Å²) >= 11 is 0. The molecule has 1 saturated carbocycles. The highest BCUT2D eigenvalue weighted by molar-refractivity contribution is 4.81. The Bertz CT molecular complexity index is 174. The van der Waals surface area contributed by atoms with Crippen molar-refractivity contribution in [3.05, 3.63) is 0 Å². The molecule has 0 aromatic rings. The molecule has 1 aliphatic carbocycles. The fourth-order valence-corrected chi connectivity index (χ4v) is 3.06. The summed E-state index contributed by atoms with van der Waals surface area (Å²) in [5.74, 6) is 2.44. The first-order valence-electron chi connectivity index (χ1n) is 6.96. The first-order chi connectivity index (χ1) is 7.63. The van der Waals surface area contributed by atoms with Crippen LogP contribution >= 0.6 is 0 Å². The third kappa shape index (κ3) is 4.84. The average Bonchev–Trinajstić information content (AvgIpc) is 2.22. The smallest absolute Gasteiger partial charge is 0.0480 e. The van der Waals surface area contributed by atoms with Gasteiger partial charge in [-0.25, -0.2) is 0 Å². The first kappa shape index (κ1) is 14.0. The van der Waals surface area contributed by atoms with Crippen LogP contribution in [0, 0.1) is 17.8 Å². The van der Waals surface area contributed by atoms with Crippen LogP contribution in [0.15, 0.2) is 0 Å². The Morgan fingerprint density at radius 2 is 1.75 bits per heavy atom. The lowest BCUT2D eigenvalue weighted by Gasteiger charge is -2.35. The fourth-order valence-electron chi connectivity index (χ4n) is 3.06. The summed E-state index contributed by atoms with van der Waals surface area (Å²) in [7, 11) is 0. The van der Waals surface area contributed by atoms with E-state index in [0.717, 1.165) is 43.8 Å². The molecule has 2 heteroatoms. The normalized spacial score (nSPS) is 32.6. The van der Waals surface area contributed by atoms with Crippen molar-refractivity contribution in [1.82, 2.24) is 0 Å². The molecule has 0 aromatic heterocycles. The highest BCUT2D eigenvalue weighted by atomic mass is 16.5. The van der Waals surface area contributed by atoms with Crippen LogP contribution in [-0.2, 0) is 4.74 Å².